The van der Waals surface area contributed by atoms with Gasteiger partial charge in [-0.05, 0) is 57.7 Å². The molecule has 0 radical (unpaired) electrons. The number of anilines is 2. The molecule has 1 aliphatic heterocycles. The van der Waals surface area contributed by atoms with Crippen LogP contribution in [0.4, 0.5) is 11.6 Å². The van der Waals surface area contributed by atoms with E-state index in [4.69, 9.17) is 21.2 Å². The fourth-order valence-electron chi connectivity index (χ4n) is 4.74. The van der Waals surface area contributed by atoms with Gasteiger partial charge in [0, 0.05) is 42.1 Å². The Hall–Kier alpha value is -2.82. The van der Waals surface area contributed by atoms with Crippen molar-refractivity contribution in [3.05, 3.63) is 40.2 Å². The lowest BCUT2D eigenvalue weighted by Crippen LogP contribution is -2.39. The molecule has 5 rings (SSSR count). The molecule has 1 saturated heterocycles. The second-order valence-electron chi connectivity index (χ2n) is 9.50. The molecule has 34 heavy (non-hydrogen) atoms. The van der Waals surface area contributed by atoms with Gasteiger partial charge in [-0.25, -0.2) is 15.0 Å². The van der Waals surface area contributed by atoms with E-state index in [9.17, 15) is 4.79 Å². The summed E-state index contributed by atoms with van der Waals surface area (Å²) in [5.41, 5.74) is 16.0. The molecule has 9 nitrogen and oxygen atoms in total. The third-order valence-corrected chi connectivity index (χ3v) is 7.56. The minimum Gasteiger partial charge on any atom is -0.397 e. The van der Waals surface area contributed by atoms with Gasteiger partial charge in [0.05, 0.1) is 23.9 Å². The van der Waals surface area contributed by atoms with Crippen molar-refractivity contribution in [2.24, 2.45) is 5.73 Å². The molecule has 10 heteroatoms. The van der Waals surface area contributed by atoms with E-state index in [0.29, 0.717) is 36.0 Å². The zero-order chi connectivity index (χ0) is 24.0. The van der Waals surface area contributed by atoms with E-state index in [2.05, 4.69) is 20.2 Å². The molecule has 3 atom stereocenters. The molecule has 0 aromatic carbocycles. The van der Waals surface area contributed by atoms with Crippen molar-refractivity contribution in [2.45, 2.75) is 64.3 Å². The Morgan fingerprint density at radius 1 is 1.29 bits per heavy atom. The summed E-state index contributed by atoms with van der Waals surface area (Å²) in [6.45, 7) is 7.35. The standard InChI is InChI=1S/C24H31N7O2S/c1-12(2)33-19-11-31(10-17(19)25)24-27-9-14-8-15(5-7-18(14)30-24)29-22(32)21-20(26)16-6-4-13(3)28-23(16)34-21/h4,6,9,12,15,17,19H,5,7-8,10-11,25-26H2,1-3H3,(H,29,32)/t15-,17+,19+/m1/s1. The molecule has 3 aromatic rings. The van der Waals surface area contributed by atoms with Crippen LogP contribution in [0.5, 0.6) is 0 Å². The number of carbonyl (C=O) groups excluding carboxylic acids is 1. The van der Waals surface area contributed by atoms with Gasteiger partial charge >= 0.3 is 0 Å². The molecule has 1 fully saturated rings. The summed E-state index contributed by atoms with van der Waals surface area (Å²) >= 11 is 1.34. The summed E-state index contributed by atoms with van der Waals surface area (Å²) in [4.78, 5) is 30.4. The largest absolute Gasteiger partial charge is 0.397 e. The molecule has 0 saturated carbocycles. The molecule has 5 N–H and O–H groups in total. The second kappa shape index (κ2) is 9.09. The van der Waals surface area contributed by atoms with Gasteiger partial charge < -0.3 is 26.4 Å². The highest BCUT2D eigenvalue weighted by atomic mass is 32.1. The quantitative estimate of drug-likeness (QED) is 0.505. The first-order valence-corrected chi connectivity index (χ1v) is 12.6. The van der Waals surface area contributed by atoms with Crippen molar-refractivity contribution < 1.29 is 9.53 Å². The van der Waals surface area contributed by atoms with Gasteiger partial charge in [-0.2, -0.15) is 0 Å². The number of nitrogens with one attached hydrogen (secondary N) is 1. The number of thiophene rings is 1. The van der Waals surface area contributed by atoms with E-state index in [-0.39, 0.29) is 30.2 Å². The minimum atomic E-state index is -0.147. The fourth-order valence-corrected chi connectivity index (χ4v) is 5.78. The van der Waals surface area contributed by atoms with Gasteiger partial charge in [-0.1, -0.05) is 0 Å². The Labute approximate surface area is 202 Å². The molecule has 4 heterocycles. The summed E-state index contributed by atoms with van der Waals surface area (Å²) in [5, 5.41) is 3.99. The molecular formula is C24H31N7O2S. The topological polar surface area (TPSA) is 132 Å². The van der Waals surface area contributed by atoms with Crippen molar-refractivity contribution in [2.75, 3.05) is 23.7 Å². The number of hydrogen-bond donors (Lipinski definition) is 3. The maximum atomic E-state index is 13.0. The normalized spacial score (nSPS) is 22.4. The van der Waals surface area contributed by atoms with Gasteiger partial charge in [0.25, 0.3) is 5.91 Å². The number of rotatable bonds is 5. The highest BCUT2D eigenvalue weighted by Gasteiger charge is 2.33. The maximum Gasteiger partial charge on any atom is 0.263 e. The van der Waals surface area contributed by atoms with E-state index in [1.165, 1.54) is 11.3 Å². The SMILES string of the molecule is Cc1ccc2c(N)c(C(=O)N[C@@H]3CCc4nc(N5C[C@H](OC(C)C)[C@@H](N)C5)ncc4C3)sc2n1. The third-order valence-electron chi connectivity index (χ3n) is 6.45. The highest BCUT2D eigenvalue weighted by Crippen LogP contribution is 2.33. The number of amides is 1. The molecule has 3 aromatic heterocycles. The van der Waals surface area contributed by atoms with E-state index in [0.717, 1.165) is 40.0 Å². The van der Waals surface area contributed by atoms with E-state index < -0.39 is 0 Å². The van der Waals surface area contributed by atoms with Crippen molar-refractivity contribution in [3.63, 3.8) is 0 Å². The van der Waals surface area contributed by atoms with Crippen LogP contribution in [-0.2, 0) is 17.6 Å². The average Bonchev–Trinajstić information content (AvgIpc) is 3.32. The van der Waals surface area contributed by atoms with Gasteiger partial charge in [0.1, 0.15) is 9.71 Å². The number of carbonyl (C=O) groups is 1. The number of fused-ring (bicyclic) bond motifs is 2. The van der Waals surface area contributed by atoms with Crippen LogP contribution in [0.3, 0.4) is 0 Å². The van der Waals surface area contributed by atoms with Crippen LogP contribution in [0, 0.1) is 6.92 Å². The fraction of sp³-hybridized carbons (Fsp3) is 0.500. The van der Waals surface area contributed by atoms with E-state index in [1.807, 2.05) is 39.1 Å². The van der Waals surface area contributed by atoms with Gasteiger partial charge in [0.2, 0.25) is 5.95 Å². The minimum absolute atomic E-state index is 0.0118. The third kappa shape index (κ3) is 4.45. The second-order valence-corrected chi connectivity index (χ2v) is 10.5. The number of hydrogen-bond acceptors (Lipinski definition) is 9. The first-order chi connectivity index (χ1) is 16.3. The smallest absolute Gasteiger partial charge is 0.263 e. The zero-order valence-electron chi connectivity index (χ0n) is 19.7. The summed E-state index contributed by atoms with van der Waals surface area (Å²) in [7, 11) is 0. The Bertz CT molecular complexity index is 1230. The average molecular weight is 482 g/mol. The first-order valence-electron chi connectivity index (χ1n) is 11.8. The van der Waals surface area contributed by atoms with Crippen LogP contribution in [0.15, 0.2) is 18.3 Å². The van der Waals surface area contributed by atoms with Crippen LogP contribution in [0.2, 0.25) is 0 Å². The number of ether oxygens (including phenoxy) is 1. The van der Waals surface area contributed by atoms with Crippen molar-refractivity contribution in [1.82, 2.24) is 20.3 Å². The Balaban J connectivity index is 1.25. The van der Waals surface area contributed by atoms with Crippen LogP contribution >= 0.6 is 11.3 Å². The van der Waals surface area contributed by atoms with Gasteiger partial charge in [-0.3, -0.25) is 4.79 Å². The zero-order valence-corrected chi connectivity index (χ0v) is 20.6. The number of nitrogen functional groups attached to an aromatic ring is 1. The van der Waals surface area contributed by atoms with Crippen LogP contribution in [0.1, 0.15) is 46.9 Å². The Morgan fingerprint density at radius 2 is 2.12 bits per heavy atom. The summed E-state index contributed by atoms with van der Waals surface area (Å²) in [6, 6.07) is 3.79. The molecule has 0 bridgehead atoms. The number of aromatic nitrogens is 3. The van der Waals surface area contributed by atoms with E-state index >= 15 is 0 Å². The molecule has 1 aliphatic carbocycles. The molecule has 1 amide bonds. The van der Waals surface area contributed by atoms with Crippen LogP contribution < -0.4 is 21.7 Å². The lowest BCUT2D eigenvalue weighted by Gasteiger charge is -2.26. The highest BCUT2D eigenvalue weighted by molar-refractivity contribution is 7.21. The van der Waals surface area contributed by atoms with Crippen molar-refractivity contribution in [3.8, 4) is 0 Å². The molecule has 180 valence electrons. The predicted octanol–water partition coefficient (Wildman–Crippen LogP) is 2.21. The number of aryl methyl sites for hydroxylation is 2. The Kier molecular flexibility index (Phi) is 6.13. The molecule has 0 spiro atoms. The Morgan fingerprint density at radius 3 is 2.91 bits per heavy atom. The molecular weight excluding hydrogens is 450 g/mol. The van der Waals surface area contributed by atoms with Gasteiger partial charge in [0.15, 0.2) is 0 Å². The number of nitrogens with zero attached hydrogens (tertiary/aromatic N) is 4. The van der Waals surface area contributed by atoms with Crippen LogP contribution in [-0.4, -0.2) is 58.2 Å². The summed E-state index contributed by atoms with van der Waals surface area (Å²) in [5.74, 6) is 0.554. The number of nitrogens with two attached hydrogens (primary N) is 2. The van der Waals surface area contributed by atoms with Gasteiger partial charge in [-0.15, -0.1) is 11.3 Å². The van der Waals surface area contributed by atoms with E-state index in [1.54, 1.807) is 0 Å². The number of pyridine rings is 1. The first kappa shape index (κ1) is 22.9. The lowest BCUT2D eigenvalue weighted by atomic mass is 9.93. The van der Waals surface area contributed by atoms with Crippen molar-refractivity contribution >= 4 is 39.1 Å². The summed E-state index contributed by atoms with van der Waals surface area (Å²) in [6.07, 6.45) is 4.30. The molecule has 0 unspecified atom stereocenters. The maximum absolute atomic E-state index is 13.0. The lowest BCUT2D eigenvalue weighted by molar-refractivity contribution is 0.0127. The summed E-state index contributed by atoms with van der Waals surface area (Å²) < 4.78 is 5.93. The van der Waals surface area contributed by atoms with Crippen molar-refractivity contribution in [1.29, 1.82) is 0 Å². The molecule has 2 aliphatic rings. The monoisotopic (exact) mass is 481 g/mol. The van der Waals surface area contributed by atoms with Crippen LogP contribution in [0.25, 0.3) is 10.2 Å². The predicted molar refractivity (Wildman–Crippen MR) is 134 cm³/mol.